The minimum absolute atomic E-state index is 0.671. The maximum Gasteiger partial charge on any atom is 0.225 e. The lowest BCUT2D eigenvalue weighted by molar-refractivity contribution is 0.225. The van der Waals surface area contributed by atoms with Crippen LogP contribution in [0, 0.1) is 5.41 Å². The molecule has 114 valence electrons. The molecule has 1 aromatic rings. The first-order valence-electron chi connectivity index (χ1n) is 8.62. The molecular weight excluding hydrogens is 260 g/mol. The number of nitrogens with one attached hydrogen (secondary N) is 1. The van der Waals surface area contributed by atoms with Crippen LogP contribution in [-0.2, 0) is 6.54 Å². The van der Waals surface area contributed by atoms with Crippen molar-refractivity contribution in [2.45, 2.75) is 64.0 Å². The SMILES string of the molecule is c1nc(N2CCC3(CCCC3)CC2)ncc1CNC1CC1. The second-order valence-electron chi connectivity index (χ2n) is 7.24. The molecule has 0 bridgehead atoms. The summed E-state index contributed by atoms with van der Waals surface area (Å²) in [5.74, 6) is 0.929. The van der Waals surface area contributed by atoms with Crippen LogP contribution in [0.25, 0.3) is 0 Å². The van der Waals surface area contributed by atoms with Crippen molar-refractivity contribution < 1.29 is 0 Å². The number of piperidine rings is 1. The Morgan fingerprint density at radius 2 is 1.71 bits per heavy atom. The molecule has 1 N–H and O–H groups in total. The topological polar surface area (TPSA) is 41.1 Å². The van der Waals surface area contributed by atoms with Gasteiger partial charge in [0.1, 0.15) is 0 Å². The van der Waals surface area contributed by atoms with Crippen LogP contribution in [0.1, 0.15) is 56.9 Å². The molecule has 0 aromatic carbocycles. The van der Waals surface area contributed by atoms with Crippen LogP contribution in [0.2, 0.25) is 0 Å². The third kappa shape index (κ3) is 3.05. The molecular formula is C17H26N4. The van der Waals surface area contributed by atoms with E-state index in [1.807, 2.05) is 12.4 Å². The molecule has 4 rings (SSSR count). The van der Waals surface area contributed by atoms with Gasteiger partial charge in [0, 0.05) is 43.6 Å². The van der Waals surface area contributed by atoms with Crippen LogP contribution in [-0.4, -0.2) is 29.1 Å². The summed E-state index contributed by atoms with van der Waals surface area (Å²) < 4.78 is 0. The molecule has 0 amide bonds. The summed E-state index contributed by atoms with van der Waals surface area (Å²) in [4.78, 5) is 11.6. The quantitative estimate of drug-likeness (QED) is 0.924. The van der Waals surface area contributed by atoms with Gasteiger partial charge in [-0.15, -0.1) is 0 Å². The van der Waals surface area contributed by atoms with Crippen molar-refractivity contribution in [1.29, 1.82) is 0 Å². The van der Waals surface area contributed by atoms with Crippen molar-refractivity contribution >= 4 is 5.95 Å². The van der Waals surface area contributed by atoms with E-state index >= 15 is 0 Å². The Morgan fingerprint density at radius 3 is 2.33 bits per heavy atom. The molecule has 2 saturated carbocycles. The number of hydrogen-bond acceptors (Lipinski definition) is 4. The lowest BCUT2D eigenvalue weighted by Gasteiger charge is -2.39. The predicted molar refractivity (Wildman–Crippen MR) is 84.2 cm³/mol. The maximum atomic E-state index is 4.59. The molecule has 1 aliphatic heterocycles. The highest BCUT2D eigenvalue weighted by Gasteiger charge is 2.37. The first-order chi connectivity index (χ1) is 10.3. The maximum absolute atomic E-state index is 4.59. The number of aromatic nitrogens is 2. The summed E-state index contributed by atoms with van der Waals surface area (Å²) in [6, 6.07) is 0.745. The standard InChI is InChI=1S/C17H26N4/c1-2-6-17(5-1)7-9-21(10-8-17)16-19-12-14(13-20-16)11-18-15-3-4-15/h12-13,15,18H,1-11H2. The zero-order chi connectivity index (χ0) is 14.1. The third-order valence-electron chi connectivity index (χ3n) is 5.64. The summed E-state index contributed by atoms with van der Waals surface area (Å²) >= 11 is 0. The van der Waals surface area contributed by atoms with Crippen LogP contribution >= 0.6 is 0 Å². The molecule has 0 radical (unpaired) electrons. The molecule has 0 unspecified atom stereocenters. The molecule has 1 aromatic heterocycles. The molecule has 0 atom stereocenters. The highest BCUT2D eigenvalue weighted by atomic mass is 15.2. The largest absolute Gasteiger partial charge is 0.341 e. The van der Waals surface area contributed by atoms with Gasteiger partial charge in [0.05, 0.1) is 0 Å². The van der Waals surface area contributed by atoms with Gasteiger partial charge in [-0.3, -0.25) is 0 Å². The molecule has 1 spiro atoms. The fourth-order valence-electron chi connectivity index (χ4n) is 3.96. The summed E-state index contributed by atoms with van der Waals surface area (Å²) in [5.41, 5.74) is 1.87. The van der Waals surface area contributed by atoms with Crippen molar-refractivity contribution in [2.75, 3.05) is 18.0 Å². The van der Waals surface area contributed by atoms with E-state index in [4.69, 9.17) is 0 Å². The second-order valence-corrected chi connectivity index (χ2v) is 7.24. The Hall–Kier alpha value is -1.16. The molecule has 21 heavy (non-hydrogen) atoms. The van der Waals surface area contributed by atoms with Crippen LogP contribution < -0.4 is 10.2 Å². The van der Waals surface area contributed by atoms with Gasteiger partial charge in [-0.1, -0.05) is 12.8 Å². The number of rotatable bonds is 4. The van der Waals surface area contributed by atoms with Crippen molar-refractivity contribution in [3.8, 4) is 0 Å². The number of nitrogens with zero attached hydrogens (tertiary/aromatic N) is 3. The molecule has 2 aliphatic carbocycles. The van der Waals surface area contributed by atoms with Crippen molar-refractivity contribution in [1.82, 2.24) is 15.3 Å². The van der Waals surface area contributed by atoms with Gasteiger partial charge in [-0.25, -0.2) is 9.97 Å². The van der Waals surface area contributed by atoms with Crippen molar-refractivity contribution in [3.05, 3.63) is 18.0 Å². The van der Waals surface area contributed by atoms with Crippen molar-refractivity contribution in [3.63, 3.8) is 0 Å². The van der Waals surface area contributed by atoms with Crippen LogP contribution in [0.4, 0.5) is 5.95 Å². The number of hydrogen-bond donors (Lipinski definition) is 1. The minimum Gasteiger partial charge on any atom is -0.341 e. The van der Waals surface area contributed by atoms with Gasteiger partial charge in [0.2, 0.25) is 5.95 Å². The molecule has 4 heteroatoms. The lowest BCUT2D eigenvalue weighted by Crippen LogP contribution is -2.39. The van der Waals surface area contributed by atoms with Crippen LogP contribution in [0.3, 0.4) is 0 Å². The van der Waals surface area contributed by atoms with Crippen molar-refractivity contribution in [2.24, 2.45) is 5.41 Å². The Bertz CT molecular complexity index is 464. The van der Waals surface area contributed by atoms with Gasteiger partial charge >= 0.3 is 0 Å². The fourth-order valence-corrected chi connectivity index (χ4v) is 3.96. The van der Waals surface area contributed by atoms with Crippen LogP contribution in [0.5, 0.6) is 0 Å². The first kappa shape index (κ1) is 13.5. The smallest absolute Gasteiger partial charge is 0.225 e. The van der Waals surface area contributed by atoms with Gasteiger partial charge in [0.25, 0.3) is 0 Å². The summed E-state index contributed by atoms with van der Waals surface area (Å²) in [5, 5.41) is 3.51. The van der Waals surface area contributed by atoms with Gasteiger partial charge < -0.3 is 10.2 Å². The van der Waals surface area contributed by atoms with Gasteiger partial charge in [0.15, 0.2) is 0 Å². The van der Waals surface area contributed by atoms with Gasteiger partial charge in [-0.05, 0) is 43.9 Å². The van der Waals surface area contributed by atoms with E-state index in [0.717, 1.165) is 31.6 Å². The van der Waals surface area contributed by atoms with E-state index in [9.17, 15) is 0 Å². The predicted octanol–water partition coefficient (Wildman–Crippen LogP) is 2.89. The fraction of sp³-hybridized carbons (Fsp3) is 0.765. The Kier molecular flexibility index (Phi) is 3.57. The summed E-state index contributed by atoms with van der Waals surface area (Å²) in [7, 11) is 0. The molecule has 4 nitrogen and oxygen atoms in total. The second kappa shape index (κ2) is 5.56. The van der Waals surface area contributed by atoms with E-state index in [1.54, 1.807) is 0 Å². The van der Waals surface area contributed by atoms with E-state index in [1.165, 1.54) is 56.9 Å². The first-order valence-corrected chi connectivity index (χ1v) is 8.62. The number of anilines is 1. The van der Waals surface area contributed by atoms with E-state index in [0.29, 0.717) is 5.41 Å². The zero-order valence-corrected chi connectivity index (χ0v) is 12.9. The van der Waals surface area contributed by atoms with E-state index in [2.05, 4.69) is 20.2 Å². The third-order valence-corrected chi connectivity index (χ3v) is 5.64. The normalized spacial score (nSPS) is 24.7. The average molecular weight is 286 g/mol. The Balaban J connectivity index is 1.33. The van der Waals surface area contributed by atoms with Gasteiger partial charge in [-0.2, -0.15) is 0 Å². The summed E-state index contributed by atoms with van der Waals surface area (Å²) in [6.07, 6.45) is 15.1. The monoisotopic (exact) mass is 286 g/mol. The zero-order valence-electron chi connectivity index (χ0n) is 12.9. The Labute approximate surface area is 127 Å². The molecule has 2 heterocycles. The molecule has 3 aliphatic rings. The molecule has 1 saturated heterocycles. The minimum atomic E-state index is 0.671. The average Bonchev–Trinajstić information content (AvgIpc) is 3.26. The lowest BCUT2D eigenvalue weighted by atomic mass is 9.77. The highest BCUT2D eigenvalue weighted by molar-refractivity contribution is 5.31. The molecule has 3 fully saturated rings. The summed E-state index contributed by atoms with van der Waals surface area (Å²) in [6.45, 7) is 3.19. The van der Waals surface area contributed by atoms with E-state index < -0.39 is 0 Å². The van der Waals surface area contributed by atoms with E-state index in [-0.39, 0.29) is 0 Å². The Morgan fingerprint density at radius 1 is 1.05 bits per heavy atom. The highest BCUT2D eigenvalue weighted by Crippen LogP contribution is 2.46. The van der Waals surface area contributed by atoms with Crippen LogP contribution in [0.15, 0.2) is 12.4 Å².